The quantitative estimate of drug-likeness (QED) is 0.772. The molecule has 146 valence electrons. The normalized spacial score (nSPS) is 11.5. The fourth-order valence-electron chi connectivity index (χ4n) is 3.00. The van der Waals surface area contributed by atoms with Crippen LogP contribution in [0.2, 0.25) is 0 Å². The number of benzene rings is 2. The highest BCUT2D eigenvalue weighted by Crippen LogP contribution is 2.26. The van der Waals surface area contributed by atoms with Crippen LogP contribution >= 0.6 is 0 Å². The summed E-state index contributed by atoms with van der Waals surface area (Å²) in [6.45, 7) is 8.06. The molecule has 0 saturated carbocycles. The lowest BCUT2D eigenvalue weighted by molar-refractivity contribution is -0.116. The minimum absolute atomic E-state index is 0.0763. The summed E-state index contributed by atoms with van der Waals surface area (Å²) in [6.07, 6.45) is 1.24. The first kappa shape index (κ1) is 21.0. The summed E-state index contributed by atoms with van der Waals surface area (Å²) in [7, 11) is -3.49. The number of nitrogens with zero attached hydrogens (tertiary/aromatic N) is 1. The van der Waals surface area contributed by atoms with Gasteiger partial charge in [0.05, 0.1) is 11.9 Å². The van der Waals surface area contributed by atoms with Gasteiger partial charge >= 0.3 is 0 Å². The molecule has 5 nitrogen and oxygen atoms in total. The van der Waals surface area contributed by atoms with Crippen molar-refractivity contribution in [3.63, 3.8) is 0 Å². The van der Waals surface area contributed by atoms with Gasteiger partial charge in [0.1, 0.15) is 0 Å². The fourth-order valence-corrected chi connectivity index (χ4v) is 3.98. The lowest BCUT2D eigenvalue weighted by atomic mass is 10.0. The van der Waals surface area contributed by atoms with Crippen LogP contribution in [-0.2, 0) is 14.8 Å². The molecule has 0 aliphatic rings. The maximum atomic E-state index is 12.5. The molecule has 0 atom stereocenters. The van der Waals surface area contributed by atoms with Crippen molar-refractivity contribution >= 4 is 27.3 Å². The van der Waals surface area contributed by atoms with Crippen molar-refractivity contribution in [2.45, 2.75) is 40.0 Å². The van der Waals surface area contributed by atoms with Crippen LogP contribution in [0, 0.1) is 13.8 Å². The SMILES string of the molecule is Cc1cccc(N(CCC(=O)Nc2ccccc2C(C)C)S(C)(=O)=O)c1C. The number of amides is 1. The van der Waals surface area contributed by atoms with Crippen LogP contribution in [0.15, 0.2) is 42.5 Å². The molecule has 0 spiro atoms. The summed E-state index contributed by atoms with van der Waals surface area (Å²) < 4.78 is 25.9. The molecule has 2 aromatic carbocycles. The van der Waals surface area contributed by atoms with Gasteiger partial charge in [0.15, 0.2) is 0 Å². The predicted octanol–water partition coefficient (Wildman–Crippen LogP) is 4.22. The third kappa shape index (κ3) is 5.32. The summed E-state index contributed by atoms with van der Waals surface area (Å²) in [4.78, 5) is 12.5. The van der Waals surface area contributed by atoms with Crippen LogP contribution in [0.3, 0.4) is 0 Å². The van der Waals surface area contributed by atoms with Crippen molar-refractivity contribution in [2.75, 3.05) is 22.4 Å². The number of sulfonamides is 1. The largest absolute Gasteiger partial charge is 0.326 e. The van der Waals surface area contributed by atoms with Crippen molar-refractivity contribution in [1.82, 2.24) is 0 Å². The Bertz CT molecular complexity index is 921. The molecule has 0 unspecified atom stereocenters. The van der Waals surface area contributed by atoms with Gasteiger partial charge in [0.2, 0.25) is 15.9 Å². The van der Waals surface area contributed by atoms with Crippen molar-refractivity contribution in [2.24, 2.45) is 0 Å². The number of hydrogen-bond acceptors (Lipinski definition) is 3. The van der Waals surface area contributed by atoms with Gasteiger partial charge in [0.25, 0.3) is 0 Å². The molecule has 0 radical (unpaired) electrons. The fraction of sp³-hybridized carbons (Fsp3) is 0.381. The van der Waals surface area contributed by atoms with E-state index in [9.17, 15) is 13.2 Å². The topological polar surface area (TPSA) is 66.5 Å². The van der Waals surface area contributed by atoms with E-state index in [1.165, 1.54) is 10.6 Å². The number of aryl methyl sites for hydroxylation is 1. The Balaban J connectivity index is 2.17. The number of carbonyl (C=O) groups excluding carboxylic acids is 1. The second kappa shape index (κ2) is 8.57. The van der Waals surface area contributed by atoms with Gasteiger partial charge in [-0.3, -0.25) is 9.10 Å². The summed E-state index contributed by atoms with van der Waals surface area (Å²) in [5.41, 5.74) is 4.35. The van der Waals surface area contributed by atoms with Gasteiger partial charge in [-0.2, -0.15) is 0 Å². The molecule has 0 fully saturated rings. The minimum atomic E-state index is -3.49. The zero-order valence-corrected chi connectivity index (χ0v) is 17.4. The molecule has 2 aromatic rings. The van der Waals surface area contributed by atoms with Crippen molar-refractivity contribution < 1.29 is 13.2 Å². The first-order valence-corrected chi connectivity index (χ1v) is 10.9. The van der Waals surface area contributed by atoms with Gasteiger partial charge < -0.3 is 5.32 Å². The average molecular weight is 389 g/mol. The van der Waals surface area contributed by atoms with Crippen molar-refractivity contribution in [1.29, 1.82) is 0 Å². The Kier molecular flexibility index (Phi) is 6.65. The highest BCUT2D eigenvalue weighted by molar-refractivity contribution is 7.92. The number of rotatable bonds is 7. The molecule has 0 aliphatic heterocycles. The number of carbonyl (C=O) groups is 1. The van der Waals surface area contributed by atoms with E-state index < -0.39 is 10.0 Å². The zero-order chi connectivity index (χ0) is 20.2. The molecule has 0 aromatic heterocycles. The minimum Gasteiger partial charge on any atom is -0.326 e. The Morgan fingerprint density at radius 3 is 2.37 bits per heavy atom. The molecule has 1 amide bonds. The third-order valence-electron chi connectivity index (χ3n) is 4.64. The highest BCUT2D eigenvalue weighted by atomic mass is 32.2. The van der Waals surface area contributed by atoms with E-state index in [0.717, 1.165) is 22.4 Å². The van der Waals surface area contributed by atoms with E-state index >= 15 is 0 Å². The van der Waals surface area contributed by atoms with E-state index in [-0.39, 0.29) is 24.8 Å². The maximum absolute atomic E-state index is 12.5. The van der Waals surface area contributed by atoms with E-state index in [2.05, 4.69) is 19.2 Å². The van der Waals surface area contributed by atoms with Crippen LogP contribution in [-0.4, -0.2) is 27.1 Å². The summed E-state index contributed by atoms with van der Waals surface area (Å²) in [5, 5.41) is 2.92. The molecule has 2 rings (SSSR count). The summed E-state index contributed by atoms with van der Waals surface area (Å²) in [5.74, 6) is 0.0750. The predicted molar refractivity (Wildman–Crippen MR) is 112 cm³/mol. The van der Waals surface area contributed by atoms with Crippen LogP contribution in [0.1, 0.15) is 42.9 Å². The number of hydrogen-bond donors (Lipinski definition) is 1. The molecule has 0 bridgehead atoms. The Hall–Kier alpha value is -2.34. The molecule has 0 aliphatic carbocycles. The molecule has 6 heteroatoms. The highest BCUT2D eigenvalue weighted by Gasteiger charge is 2.21. The molecule has 1 N–H and O–H groups in total. The standard InChI is InChI=1S/C21H28N2O3S/c1-15(2)18-10-6-7-11-19(18)22-21(24)13-14-23(27(5,25)26)20-12-8-9-16(3)17(20)4/h6-12,15H,13-14H2,1-5H3,(H,22,24). The molecular formula is C21H28N2O3S. The van der Waals surface area contributed by atoms with Gasteiger partial charge in [-0.05, 0) is 48.6 Å². The van der Waals surface area contributed by atoms with Crippen LogP contribution < -0.4 is 9.62 Å². The van der Waals surface area contributed by atoms with Crippen LogP contribution in [0.4, 0.5) is 11.4 Å². The Morgan fingerprint density at radius 1 is 1.07 bits per heavy atom. The van der Waals surface area contributed by atoms with Gasteiger partial charge in [0, 0.05) is 18.7 Å². The number of nitrogens with one attached hydrogen (secondary N) is 1. The van der Waals surface area contributed by atoms with Gasteiger partial charge in [-0.1, -0.05) is 44.2 Å². The summed E-state index contributed by atoms with van der Waals surface area (Å²) in [6, 6.07) is 13.2. The molecule has 0 saturated heterocycles. The lowest BCUT2D eigenvalue weighted by Gasteiger charge is -2.25. The van der Waals surface area contributed by atoms with Crippen molar-refractivity contribution in [3.8, 4) is 0 Å². The second-order valence-corrected chi connectivity index (χ2v) is 9.00. The average Bonchev–Trinajstić information content (AvgIpc) is 2.57. The van der Waals surface area contributed by atoms with E-state index in [1.54, 1.807) is 6.07 Å². The first-order chi connectivity index (χ1) is 12.6. The molecule has 27 heavy (non-hydrogen) atoms. The monoisotopic (exact) mass is 388 g/mol. The van der Waals surface area contributed by atoms with Crippen LogP contribution in [0.5, 0.6) is 0 Å². The Labute approximate surface area is 162 Å². The maximum Gasteiger partial charge on any atom is 0.232 e. The number of para-hydroxylation sites is 1. The molecular weight excluding hydrogens is 360 g/mol. The second-order valence-electron chi connectivity index (χ2n) is 7.09. The van der Waals surface area contributed by atoms with Gasteiger partial charge in [-0.25, -0.2) is 8.42 Å². The smallest absolute Gasteiger partial charge is 0.232 e. The van der Waals surface area contributed by atoms with Gasteiger partial charge in [-0.15, -0.1) is 0 Å². The number of anilines is 2. The van der Waals surface area contributed by atoms with E-state index in [1.807, 2.05) is 50.2 Å². The third-order valence-corrected chi connectivity index (χ3v) is 5.82. The zero-order valence-electron chi connectivity index (χ0n) is 16.6. The first-order valence-electron chi connectivity index (χ1n) is 9.04. The Morgan fingerprint density at radius 2 is 1.74 bits per heavy atom. The van der Waals surface area contributed by atoms with E-state index in [0.29, 0.717) is 5.69 Å². The lowest BCUT2D eigenvalue weighted by Crippen LogP contribution is -2.33. The summed E-state index contributed by atoms with van der Waals surface area (Å²) >= 11 is 0. The van der Waals surface area contributed by atoms with Crippen molar-refractivity contribution in [3.05, 3.63) is 59.2 Å². The van der Waals surface area contributed by atoms with Crippen LogP contribution in [0.25, 0.3) is 0 Å². The van der Waals surface area contributed by atoms with E-state index in [4.69, 9.17) is 0 Å². The molecule has 0 heterocycles.